The maximum absolute atomic E-state index is 13.5. The minimum atomic E-state index is -0.984. The van der Waals surface area contributed by atoms with Crippen molar-refractivity contribution in [1.29, 1.82) is 0 Å². The molecule has 2 heterocycles. The van der Waals surface area contributed by atoms with Crippen molar-refractivity contribution in [2.45, 2.75) is 142 Å². The zero-order valence-corrected chi connectivity index (χ0v) is 31.9. The summed E-state index contributed by atoms with van der Waals surface area (Å²) in [6.45, 7) is 13.0. The number of nitrogens with zero attached hydrogens (tertiary/aromatic N) is 1. The van der Waals surface area contributed by atoms with Crippen molar-refractivity contribution in [2.75, 3.05) is 6.54 Å². The van der Waals surface area contributed by atoms with E-state index in [1.807, 2.05) is 30.6 Å². The molecule has 4 aliphatic carbocycles. The predicted molar refractivity (Wildman–Crippen MR) is 204 cm³/mol. The van der Waals surface area contributed by atoms with Gasteiger partial charge in [-0.2, -0.15) is 0 Å². The van der Waals surface area contributed by atoms with Gasteiger partial charge in [0.25, 0.3) is 0 Å². The number of esters is 1. The largest absolute Gasteiger partial charge is 0.461 e. The number of carbonyl (C=O) groups is 1. The molecule has 1 aromatic carbocycles. The first-order chi connectivity index (χ1) is 24.4. The van der Waals surface area contributed by atoms with Crippen LogP contribution in [0.5, 0.6) is 0 Å². The number of ether oxygens (including phenoxy) is 1. The Bertz CT molecular complexity index is 1620. The second-order valence-corrected chi connectivity index (χ2v) is 18.3. The van der Waals surface area contributed by atoms with Crippen LogP contribution >= 0.6 is 0 Å². The molecule has 2 aromatic heterocycles. The SMILES string of the molecule is CC(C)CCCC(C)[C@H]1CC[C@H]2[C@@H]3C[C@@H](NCCc4cnc[nH]4)[C@@]4(O)C[C@@H](OC(=O)C(N)Cc5c[nH]c6ccccc56)CC[C@]4(C)[C@H]3CC[C@]12C. The van der Waals surface area contributed by atoms with E-state index >= 15 is 0 Å². The van der Waals surface area contributed by atoms with Crippen molar-refractivity contribution < 1.29 is 14.6 Å². The van der Waals surface area contributed by atoms with Gasteiger partial charge in [0.15, 0.2) is 0 Å². The van der Waals surface area contributed by atoms with E-state index in [4.69, 9.17) is 10.5 Å². The van der Waals surface area contributed by atoms with Crippen LogP contribution in [-0.4, -0.2) is 56.4 Å². The molecule has 3 aromatic rings. The highest BCUT2D eigenvalue weighted by atomic mass is 16.5. The molecular formula is C43H65N5O3. The van der Waals surface area contributed by atoms with Crippen LogP contribution in [0.3, 0.4) is 0 Å². The minimum Gasteiger partial charge on any atom is -0.461 e. The third kappa shape index (κ3) is 6.83. The molecule has 51 heavy (non-hydrogen) atoms. The maximum atomic E-state index is 13.5. The van der Waals surface area contributed by atoms with Gasteiger partial charge in [0.2, 0.25) is 0 Å². The molecule has 4 saturated carbocycles. The molecule has 7 rings (SSSR count). The molecule has 8 nitrogen and oxygen atoms in total. The molecule has 0 saturated heterocycles. The summed E-state index contributed by atoms with van der Waals surface area (Å²) in [7, 11) is 0. The number of para-hydroxylation sites is 1. The third-order valence-corrected chi connectivity index (χ3v) is 15.1. The number of nitrogens with one attached hydrogen (secondary N) is 3. The first-order valence-electron chi connectivity index (χ1n) is 20.4. The number of carbonyl (C=O) groups excluding carboxylic acids is 1. The normalized spacial score (nSPS) is 36.0. The van der Waals surface area contributed by atoms with Gasteiger partial charge >= 0.3 is 5.97 Å². The highest BCUT2D eigenvalue weighted by Crippen LogP contribution is 2.69. The van der Waals surface area contributed by atoms with Crippen LogP contribution in [0.2, 0.25) is 0 Å². The molecule has 280 valence electrons. The molecule has 6 N–H and O–H groups in total. The average Bonchev–Trinajstić information content (AvgIpc) is 3.85. The van der Waals surface area contributed by atoms with E-state index in [2.05, 4.69) is 61.0 Å². The number of rotatable bonds is 13. The number of aromatic amines is 2. The fourth-order valence-corrected chi connectivity index (χ4v) is 12.3. The summed E-state index contributed by atoms with van der Waals surface area (Å²) >= 11 is 0. The van der Waals surface area contributed by atoms with Crippen LogP contribution in [0.1, 0.15) is 117 Å². The monoisotopic (exact) mass is 700 g/mol. The number of H-pyrrole nitrogens is 2. The second kappa shape index (κ2) is 14.6. The summed E-state index contributed by atoms with van der Waals surface area (Å²) in [4.78, 5) is 24.3. The number of aromatic nitrogens is 3. The van der Waals surface area contributed by atoms with Gasteiger partial charge in [0, 0.05) is 66.3 Å². The molecule has 4 fully saturated rings. The second-order valence-electron chi connectivity index (χ2n) is 18.3. The number of aliphatic hydroxyl groups is 1. The van der Waals surface area contributed by atoms with E-state index in [1.54, 1.807) is 6.33 Å². The van der Waals surface area contributed by atoms with Crippen LogP contribution < -0.4 is 11.1 Å². The summed E-state index contributed by atoms with van der Waals surface area (Å²) in [5.41, 5.74) is 8.79. The lowest BCUT2D eigenvalue weighted by molar-refractivity contribution is -0.237. The van der Waals surface area contributed by atoms with Crippen molar-refractivity contribution in [3.63, 3.8) is 0 Å². The van der Waals surface area contributed by atoms with E-state index in [0.717, 1.165) is 72.1 Å². The Hall–Kier alpha value is -2.68. The number of nitrogens with two attached hydrogens (primary N) is 1. The first kappa shape index (κ1) is 36.7. The van der Waals surface area contributed by atoms with Gasteiger partial charge in [-0.05, 0) is 97.5 Å². The van der Waals surface area contributed by atoms with Crippen molar-refractivity contribution in [3.05, 3.63) is 54.2 Å². The van der Waals surface area contributed by atoms with Crippen LogP contribution in [0.25, 0.3) is 10.9 Å². The van der Waals surface area contributed by atoms with Gasteiger partial charge in [0.05, 0.1) is 11.9 Å². The molecule has 0 radical (unpaired) electrons. The van der Waals surface area contributed by atoms with Crippen LogP contribution in [0.15, 0.2) is 43.0 Å². The van der Waals surface area contributed by atoms with E-state index < -0.39 is 11.6 Å². The molecule has 0 amide bonds. The molecule has 0 bridgehead atoms. The summed E-state index contributed by atoms with van der Waals surface area (Å²) in [5.74, 6) is 3.73. The lowest BCUT2D eigenvalue weighted by Crippen LogP contribution is -2.71. The highest BCUT2D eigenvalue weighted by molar-refractivity contribution is 5.84. The third-order valence-electron chi connectivity index (χ3n) is 15.1. The van der Waals surface area contributed by atoms with Gasteiger partial charge in [-0.15, -0.1) is 0 Å². The molecule has 0 spiro atoms. The number of hydrogen-bond acceptors (Lipinski definition) is 6. The quantitative estimate of drug-likeness (QED) is 0.116. The number of benzene rings is 1. The van der Waals surface area contributed by atoms with Gasteiger partial charge < -0.3 is 30.9 Å². The number of hydrogen-bond donors (Lipinski definition) is 5. The summed E-state index contributed by atoms with van der Waals surface area (Å²) < 4.78 is 6.22. The highest BCUT2D eigenvalue weighted by Gasteiger charge is 2.67. The minimum absolute atomic E-state index is 0.0714. The van der Waals surface area contributed by atoms with Crippen molar-refractivity contribution >= 4 is 16.9 Å². The van der Waals surface area contributed by atoms with Gasteiger partial charge in [0.1, 0.15) is 12.1 Å². The lowest BCUT2D eigenvalue weighted by atomic mass is 9.42. The zero-order valence-electron chi connectivity index (χ0n) is 31.9. The smallest absolute Gasteiger partial charge is 0.323 e. The van der Waals surface area contributed by atoms with E-state index in [9.17, 15) is 9.90 Å². The Balaban J connectivity index is 1.08. The average molecular weight is 700 g/mol. The van der Waals surface area contributed by atoms with Crippen LogP contribution in [0, 0.1) is 46.3 Å². The Kier molecular flexibility index (Phi) is 10.5. The predicted octanol–water partition coefficient (Wildman–Crippen LogP) is 7.72. The Morgan fingerprint density at radius 3 is 2.69 bits per heavy atom. The maximum Gasteiger partial charge on any atom is 0.323 e. The molecule has 11 atom stereocenters. The van der Waals surface area contributed by atoms with E-state index in [-0.39, 0.29) is 23.5 Å². The first-order valence-corrected chi connectivity index (χ1v) is 20.4. The fourth-order valence-electron chi connectivity index (χ4n) is 12.3. The van der Waals surface area contributed by atoms with Gasteiger partial charge in [-0.25, -0.2) is 4.98 Å². The molecule has 4 aliphatic rings. The van der Waals surface area contributed by atoms with Gasteiger partial charge in [-0.1, -0.05) is 72.1 Å². The zero-order chi connectivity index (χ0) is 36.0. The fraction of sp³-hybridized carbons (Fsp3) is 0.721. The van der Waals surface area contributed by atoms with Crippen molar-refractivity contribution in [1.82, 2.24) is 20.3 Å². The molecule has 2 unspecified atom stereocenters. The Morgan fingerprint density at radius 1 is 1.08 bits per heavy atom. The molecule has 0 aliphatic heterocycles. The van der Waals surface area contributed by atoms with Crippen molar-refractivity contribution in [2.24, 2.45) is 52.1 Å². The van der Waals surface area contributed by atoms with Gasteiger partial charge in [-0.3, -0.25) is 4.79 Å². The molecule has 8 heteroatoms. The number of imidazole rings is 1. The van der Waals surface area contributed by atoms with Crippen molar-refractivity contribution in [3.8, 4) is 0 Å². The van der Waals surface area contributed by atoms with E-state index in [1.165, 1.54) is 44.9 Å². The summed E-state index contributed by atoms with van der Waals surface area (Å²) in [6.07, 6.45) is 18.7. The number of fused-ring (bicyclic) bond motifs is 6. The standard InChI is InChI=1S/C43H65N5O3/c1-27(2)9-8-10-28(3)34-13-14-35-33-22-39(46-20-17-30-25-45-26-48-30)43(50)23-31(15-19-42(43,5)36(33)16-18-41(34,35)4)51-40(49)37(44)21-29-24-47-38-12-7-6-11-32(29)38/h6-7,11-12,24-28,31,33-37,39,46-47,50H,8-10,13-23,44H2,1-5H3,(H,45,48)/t28?,31-,33-,34+,35-,36-,37?,39+,41+,42+,43-/m0/s1. The lowest BCUT2D eigenvalue weighted by Gasteiger charge is -2.66. The van der Waals surface area contributed by atoms with E-state index in [0.29, 0.717) is 36.0 Å². The summed E-state index contributed by atoms with van der Waals surface area (Å²) in [6, 6.07) is 7.26. The Labute approximate surface area is 305 Å². The molecular weight excluding hydrogens is 635 g/mol. The summed E-state index contributed by atoms with van der Waals surface area (Å²) in [5, 5.41) is 18.1. The van der Waals surface area contributed by atoms with Crippen LogP contribution in [0.4, 0.5) is 0 Å². The van der Waals surface area contributed by atoms with Crippen LogP contribution in [-0.2, 0) is 22.4 Å². The Morgan fingerprint density at radius 2 is 1.90 bits per heavy atom. The topological polar surface area (TPSA) is 129 Å².